The summed E-state index contributed by atoms with van der Waals surface area (Å²) >= 11 is 11.8. The smallest absolute Gasteiger partial charge is 0.329 e. The van der Waals surface area contributed by atoms with Crippen molar-refractivity contribution in [1.82, 2.24) is 0 Å². The Morgan fingerprint density at radius 3 is 2.52 bits per heavy atom. The minimum atomic E-state index is -1.17. The number of aliphatic hydroxyl groups is 1. The van der Waals surface area contributed by atoms with E-state index in [1.54, 1.807) is 0 Å². The van der Waals surface area contributed by atoms with Gasteiger partial charge >= 0.3 is 5.97 Å². The molecule has 0 heterocycles. The fourth-order valence-corrected chi connectivity index (χ4v) is 1.79. The van der Waals surface area contributed by atoms with E-state index in [1.165, 1.54) is 12.1 Å². The van der Waals surface area contributed by atoms with Gasteiger partial charge in [-0.05, 0) is 6.07 Å². The standard InChI is InChI=1S/C12H13Cl2NO6/c13-7-3-8(14)10(21-2-1-16)4-9(7)15-11(17)5-20-6-12(18)19/h3-4,16H,1-2,5-6H2,(H,15,17)(H,18,19). The van der Waals surface area contributed by atoms with Crippen LogP contribution in [0.25, 0.3) is 0 Å². The maximum atomic E-state index is 11.6. The number of halogens is 2. The molecule has 1 aromatic carbocycles. The second-order valence-electron chi connectivity index (χ2n) is 3.77. The summed E-state index contributed by atoms with van der Waals surface area (Å²) in [5.74, 6) is -1.50. The molecule has 7 nitrogen and oxygen atoms in total. The van der Waals surface area contributed by atoms with Crippen LogP contribution in [0.5, 0.6) is 5.75 Å². The first-order valence-corrected chi connectivity index (χ1v) is 6.51. The zero-order valence-electron chi connectivity index (χ0n) is 10.8. The second kappa shape index (κ2) is 8.68. The van der Waals surface area contributed by atoms with Gasteiger partial charge in [0, 0.05) is 6.07 Å². The lowest BCUT2D eigenvalue weighted by Crippen LogP contribution is -2.21. The lowest BCUT2D eigenvalue weighted by atomic mass is 10.3. The van der Waals surface area contributed by atoms with Crippen molar-refractivity contribution >= 4 is 40.8 Å². The van der Waals surface area contributed by atoms with Gasteiger partial charge in [-0.3, -0.25) is 4.79 Å². The van der Waals surface area contributed by atoms with Crippen molar-refractivity contribution in [1.29, 1.82) is 0 Å². The van der Waals surface area contributed by atoms with Crippen LogP contribution in [-0.2, 0) is 14.3 Å². The monoisotopic (exact) mass is 337 g/mol. The number of carbonyl (C=O) groups is 2. The molecule has 0 aliphatic heterocycles. The highest BCUT2D eigenvalue weighted by Crippen LogP contribution is 2.34. The van der Waals surface area contributed by atoms with Crippen molar-refractivity contribution in [2.24, 2.45) is 0 Å². The van der Waals surface area contributed by atoms with Crippen LogP contribution in [-0.4, -0.2) is 48.5 Å². The molecule has 0 radical (unpaired) electrons. The molecule has 0 aromatic heterocycles. The van der Waals surface area contributed by atoms with Crippen LogP contribution in [0, 0.1) is 0 Å². The number of amides is 1. The third-order valence-electron chi connectivity index (χ3n) is 2.10. The van der Waals surface area contributed by atoms with E-state index in [0.29, 0.717) is 0 Å². The molecule has 1 aromatic rings. The van der Waals surface area contributed by atoms with Gasteiger partial charge in [0.15, 0.2) is 0 Å². The molecule has 9 heteroatoms. The zero-order valence-corrected chi connectivity index (χ0v) is 12.3. The fraction of sp³-hybridized carbons (Fsp3) is 0.333. The molecule has 0 aliphatic carbocycles. The molecular formula is C12H13Cl2NO6. The summed E-state index contributed by atoms with van der Waals surface area (Å²) in [6, 6.07) is 2.78. The lowest BCUT2D eigenvalue weighted by molar-refractivity contribution is -0.143. The van der Waals surface area contributed by atoms with E-state index in [0.717, 1.165) is 0 Å². The summed E-state index contributed by atoms with van der Waals surface area (Å²) in [4.78, 5) is 21.8. The maximum Gasteiger partial charge on any atom is 0.329 e. The highest BCUT2D eigenvalue weighted by Gasteiger charge is 2.12. The van der Waals surface area contributed by atoms with Crippen LogP contribution in [0.4, 0.5) is 5.69 Å². The van der Waals surface area contributed by atoms with Crippen LogP contribution in [0.3, 0.4) is 0 Å². The van der Waals surface area contributed by atoms with E-state index in [-0.39, 0.29) is 34.7 Å². The van der Waals surface area contributed by atoms with Gasteiger partial charge in [-0.1, -0.05) is 23.2 Å². The van der Waals surface area contributed by atoms with E-state index in [9.17, 15) is 9.59 Å². The number of carboxylic acid groups (broad SMARTS) is 1. The van der Waals surface area contributed by atoms with Crippen molar-refractivity contribution < 1.29 is 29.3 Å². The number of nitrogens with one attached hydrogen (secondary N) is 1. The molecule has 1 rings (SSSR count). The van der Waals surface area contributed by atoms with Gasteiger partial charge in [0.1, 0.15) is 25.6 Å². The molecule has 0 fully saturated rings. The second-order valence-corrected chi connectivity index (χ2v) is 4.58. The molecule has 0 atom stereocenters. The number of ether oxygens (including phenoxy) is 2. The number of rotatable bonds is 8. The van der Waals surface area contributed by atoms with Crippen molar-refractivity contribution in [3.8, 4) is 5.75 Å². The van der Waals surface area contributed by atoms with Gasteiger partial charge in [-0.15, -0.1) is 0 Å². The van der Waals surface area contributed by atoms with Gasteiger partial charge in [0.25, 0.3) is 0 Å². The van der Waals surface area contributed by atoms with Gasteiger partial charge in [-0.2, -0.15) is 0 Å². The van der Waals surface area contributed by atoms with Crippen molar-refractivity contribution in [3.63, 3.8) is 0 Å². The quantitative estimate of drug-likeness (QED) is 0.662. The fourth-order valence-electron chi connectivity index (χ4n) is 1.31. The van der Waals surface area contributed by atoms with Crippen molar-refractivity contribution in [2.75, 3.05) is 31.7 Å². The Morgan fingerprint density at radius 2 is 1.90 bits per heavy atom. The van der Waals surface area contributed by atoms with Gasteiger partial charge in [0.05, 0.1) is 22.3 Å². The van der Waals surface area contributed by atoms with Gasteiger partial charge in [-0.25, -0.2) is 4.79 Å². The van der Waals surface area contributed by atoms with Gasteiger partial charge in [0.2, 0.25) is 5.91 Å². The minimum Gasteiger partial charge on any atom is -0.490 e. The third kappa shape index (κ3) is 6.17. The molecule has 0 saturated carbocycles. The largest absolute Gasteiger partial charge is 0.490 e. The normalized spacial score (nSPS) is 10.2. The highest BCUT2D eigenvalue weighted by atomic mass is 35.5. The minimum absolute atomic E-state index is 0.0382. The van der Waals surface area contributed by atoms with Crippen LogP contribution in [0.15, 0.2) is 12.1 Å². The van der Waals surface area contributed by atoms with Crippen molar-refractivity contribution in [3.05, 3.63) is 22.2 Å². The number of carboxylic acids is 1. The molecule has 0 spiro atoms. The maximum absolute atomic E-state index is 11.6. The predicted octanol–water partition coefficient (Wildman–Crippen LogP) is 1.40. The van der Waals surface area contributed by atoms with Crippen LogP contribution in [0.1, 0.15) is 0 Å². The molecule has 21 heavy (non-hydrogen) atoms. The van der Waals surface area contributed by atoms with E-state index in [2.05, 4.69) is 10.1 Å². The van der Waals surface area contributed by atoms with Crippen LogP contribution in [0.2, 0.25) is 10.0 Å². The number of aliphatic hydroxyl groups excluding tert-OH is 1. The first kappa shape index (κ1) is 17.5. The first-order valence-electron chi connectivity index (χ1n) is 5.76. The summed E-state index contributed by atoms with van der Waals surface area (Å²) in [6.07, 6.45) is 0. The number of aliphatic carboxylic acids is 1. The summed E-state index contributed by atoms with van der Waals surface area (Å²) in [7, 11) is 0. The topological polar surface area (TPSA) is 105 Å². The Balaban J connectivity index is 2.68. The summed E-state index contributed by atoms with van der Waals surface area (Å²) in [5, 5.41) is 19.9. The molecule has 116 valence electrons. The Labute approximate surface area is 130 Å². The Morgan fingerprint density at radius 1 is 1.19 bits per heavy atom. The molecule has 0 aliphatic rings. The summed E-state index contributed by atoms with van der Waals surface area (Å²) in [5.41, 5.74) is 0.234. The van der Waals surface area contributed by atoms with E-state index in [1.807, 2.05) is 0 Å². The Bertz CT molecular complexity index is 523. The first-order chi connectivity index (χ1) is 9.93. The molecular weight excluding hydrogens is 325 g/mol. The summed E-state index contributed by atoms with van der Waals surface area (Å²) < 4.78 is 9.82. The molecule has 0 bridgehead atoms. The molecule has 1 amide bonds. The number of hydrogen-bond acceptors (Lipinski definition) is 5. The van der Waals surface area contributed by atoms with E-state index < -0.39 is 25.1 Å². The van der Waals surface area contributed by atoms with E-state index >= 15 is 0 Å². The predicted molar refractivity (Wildman–Crippen MR) is 76.1 cm³/mol. The zero-order chi connectivity index (χ0) is 15.8. The van der Waals surface area contributed by atoms with Gasteiger partial charge < -0.3 is 25.0 Å². The molecule has 0 saturated heterocycles. The van der Waals surface area contributed by atoms with Crippen molar-refractivity contribution in [2.45, 2.75) is 0 Å². The molecule has 0 unspecified atom stereocenters. The number of carbonyl (C=O) groups excluding carboxylic acids is 1. The lowest BCUT2D eigenvalue weighted by Gasteiger charge is -2.12. The van der Waals surface area contributed by atoms with E-state index in [4.69, 9.17) is 38.2 Å². The Hall–Kier alpha value is -1.54. The number of benzene rings is 1. The number of anilines is 1. The molecule has 3 N–H and O–H groups in total. The summed E-state index contributed by atoms with van der Waals surface area (Å²) in [6.45, 7) is -1.16. The SMILES string of the molecule is O=C(O)COCC(=O)Nc1cc(OCCO)c(Cl)cc1Cl. The third-order valence-corrected chi connectivity index (χ3v) is 2.71. The number of hydrogen-bond donors (Lipinski definition) is 3. The van der Waals surface area contributed by atoms with Crippen LogP contribution < -0.4 is 10.1 Å². The van der Waals surface area contributed by atoms with Crippen LogP contribution >= 0.6 is 23.2 Å². The average Bonchev–Trinajstić information content (AvgIpc) is 2.40. The Kier molecular flexibility index (Phi) is 7.24. The average molecular weight is 338 g/mol. The highest BCUT2D eigenvalue weighted by molar-refractivity contribution is 6.37.